The number of aryl methyl sites for hydroxylation is 2. The number of carbonyl (C=O) groups is 2. The van der Waals surface area contributed by atoms with E-state index < -0.39 is 12.0 Å². The van der Waals surface area contributed by atoms with Gasteiger partial charge in [0, 0.05) is 11.3 Å². The molecule has 0 unspecified atom stereocenters. The van der Waals surface area contributed by atoms with Crippen LogP contribution in [-0.2, 0) is 16.1 Å². The van der Waals surface area contributed by atoms with Gasteiger partial charge in [-0.2, -0.15) is 0 Å². The van der Waals surface area contributed by atoms with Crippen LogP contribution >= 0.6 is 11.8 Å². The van der Waals surface area contributed by atoms with Gasteiger partial charge in [-0.1, -0.05) is 23.4 Å². The van der Waals surface area contributed by atoms with E-state index in [1.54, 1.807) is 54.8 Å². The molecule has 1 aliphatic rings. The van der Waals surface area contributed by atoms with Crippen molar-refractivity contribution in [2.45, 2.75) is 26.5 Å². The van der Waals surface area contributed by atoms with Crippen molar-refractivity contribution in [3.63, 3.8) is 0 Å². The average molecular weight is 346 g/mol. The molecule has 0 aliphatic carbocycles. The molecule has 6 nitrogen and oxygen atoms in total. The lowest BCUT2D eigenvalue weighted by Gasteiger charge is -2.22. The van der Waals surface area contributed by atoms with E-state index in [1.165, 1.54) is 0 Å². The minimum absolute atomic E-state index is 0.106. The first-order chi connectivity index (χ1) is 11.6. The van der Waals surface area contributed by atoms with Crippen molar-refractivity contribution < 1.29 is 18.8 Å². The van der Waals surface area contributed by atoms with Gasteiger partial charge in [-0.15, -0.1) is 11.8 Å². The van der Waals surface area contributed by atoms with Gasteiger partial charge in [0.1, 0.15) is 18.4 Å². The van der Waals surface area contributed by atoms with Crippen LogP contribution < -0.4 is 0 Å². The first kappa shape index (κ1) is 16.6. The fourth-order valence-electron chi connectivity index (χ4n) is 2.53. The number of carbonyl (C=O) groups excluding carboxylic acids is 2. The lowest BCUT2D eigenvalue weighted by molar-refractivity contribution is -0.149. The van der Waals surface area contributed by atoms with Crippen LogP contribution in [0.1, 0.15) is 27.4 Å². The van der Waals surface area contributed by atoms with E-state index in [0.29, 0.717) is 28.6 Å². The first-order valence-corrected chi connectivity index (χ1v) is 8.75. The molecule has 1 aromatic heterocycles. The van der Waals surface area contributed by atoms with Gasteiger partial charge in [0.15, 0.2) is 0 Å². The van der Waals surface area contributed by atoms with Crippen molar-refractivity contribution >= 4 is 23.6 Å². The number of benzene rings is 1. The Bertz CT molecular complexity index is 725. The Kier molecular flexibility index (Phi) is 4.89. The van der Waals surface area contributed by atoms with Gasteiger partial charge < -0.3 is 14.2 Å². The molecule has 1 amide bonds. The van der Waals surface area contributed by atoms with Crippen molar-refractivity contribution in [1.82, 2.24) is 10.1 Å². The lowest BCUT2D eigenvalue weighted by atomic mass is 10.2. The van der Waals surface area contributed by atoms with Gasteiger partial charge in [0.25, 0.3) is 5.91 Å². The van der Waals surface area contributed by atoms with Crippen molar-refractivity contribution in [3.05, 3.63) is 52.9 Å². The second-order valence-corrected chi connectivity index (χ2v) is 6.57. The Hall–Kier alpha value is -2.28. The number of thioether (sulfide) groups is 1. The molecular formula is C17H18N2O4S. The zero-order valence-corrected chi connectivity index (χ0v) is 14.3. The van der Waals surface area contributed by atoms with Gasteiger partial charge in [-0.3, -0.25) is 4.79 Å². The third-order valence-electron chi connectivity index (χ3n) is 3.98. The maximum Gasteiger partial charge on any atom is 0.330 e. The first-order valence-electron chi connectivity index (χ1n) is 7.60. The number of rotatable bonds is 4. The molecule has 0 bridgehead atoms. The third-order valence-corrected chi connectivity index (χ3v) is 4.99. The average Bonchev–Trinajstić information content (AvgIpc) is 3.20. The maximum atomic E-state index is 12.6. The number of nitrogens with zero attached hydrogens (tertiary/aromatic N) is 2. The normalized spacial score (nSPS) is 17.1. The van der Waals surface area contributed by atoms with Crippen LogP contribution in [0.3, 0.4) is 0 Å². The summed E-state index contributed by atoms with van der Waals surface area (Å²) in [6.45, 7) is 3.69. The standard InChI is InChI=1S/C17H18N2O4S/c1-11-14(12(2)23-18-11)8-22-17(21)15-9-24-10-19(15)16(20)13-6-4-3-5-7-13/h3-7,15H,8-10H2,1-2H3/t15-/m0/s1. The Morgan fingerprint density at radius 2 is 2.08 bits per heavy atom. The van der Waals surface area contributed by atoms with E-state index in [0.717, 1.165) is 5.56 Å². The molecule has 0 N–H and O–H groups in total. The van der Waals surface area contributed by atoms with Crippen LogP contribution in [0.5, 0.6) is 0 Å². The van der Waals surface area contributed by atoms with Crippen molar-refractivity contribution in [2.75, 3.05) is 11.6 Å². The summed E-state index contributed by atoms with van der Waals surface area (Å²) in [7, 11) is 0. The minimum atomic E-state index is -0.567. The van der Waals surface area contributed by atoms with Gasteiger partial charge in [-0.25, -0.2) is 4.79 Å². The molecular weight excluding hydrogens is 328 g/mol. The van der Waals surface area contributed by atoms with Crippen LogP contribution in [0, 0.1) is 13.8 Å². The van der Waals surface area contributed by atoms with Gasteiger partial charge in [0.2, 0.25) is 0 Å². The van der Waals surface area contributed by atoms with Crippen molar-refractivity contribution in [1.29, 1.82) is 0 Å². The second-order valence-electron chi connectivity index (χ2n) is 5.57. The zero-order chi connectivity index (χ0) is 17.1. The van der Waals surface area contributed by atoms with Crippen LogP contribution in [-0.4, -0.2) is 39.6 Å². The third kappa shape index (κ3) is 3.31. The molecule has 0 radical (unpaired) electrons. The number of ether oxygens (including phenoxy) is 1. The molecule has 1 aliphatic heterocycles. The van der Waals surface area contributed by atoms with Crippen LogP contribution in [0.2, 0.25) is 0 Å². The monoisotopic (exact) mass is 346 g/mol. The minimum Gasteiger partial charge on any atom is -0.459 e. The molecule has 2 heterocycles. The number of hydrogen-bond acceptors (Lipinski definition) is 6. The van der Waals surface area contributed by atoms with E-state index in [2.05, 4.69) is 5.16 Å². The van der Waals surface area contributed by atoms with E-state index >= 15 is 0 Å². The van der Waals surface area contributed by atoms with E-state index in [9.17, 15) is 9.59 Å². The fourth-order valence-corrected chi connectivity index (χ4v) is 3.67. The predicted octanol–water partition coefficient (Wildman–Crippen LogP) is 2.55. The molecule has 0 saturated carbocycles. The SMILES string of the molecule is Cc1noc(C)c1COC(=O)[C@@H]1CSCN1C(=O)c1ccccc1. The summed E-state index contributed by atoms with van der Waals surface area (Å²) in [5.74, 6) is 1.11. The van der Waals surface area contributed by atoms with Gasteiger partial charge >= 0.3 is 5.97 Å². The van der Waals surface area contributed by atoms with E-state index in [1.807, 2.05) is 6.07 Å². The maximum absolute atomic E-state index is 12.6. The largest absolute Gasteiger partial charge is 0.459 e. The quantitative estimate of drug-likeness (QED) is 0.792. The summed E-state index contributed by atoms with van der Waals surface area (Å²) in [5, 5.41) is 3.84. The highest BCUT2D eigenvalue weighted by molar-refractivity contribution is 7.99. The molecule has 126 valence electrons. The second kappa shape index (κ2) is 7.09. The summed E-state index contributed by atoms with van der Waals surface area (Å²) < 4.78 is 10.5. The topological polar surface area (TPSA) is 72.6 Å². The summed E-state index contributed by atoms with van der Waals surface area (Å²) in [6, 6.07) is 8.39. The molecule has 1 fully saturated rings. The summed E-state index contributed by atoms with van der Waals surface area (Å²) in [6.07, 6.45) is 0. The summed E-state index contributed by atoms with van der Waals surface area (Å²) in [4.78, 5) is 26.6. The van der Waals surface area contributed by atoms with Crippen molar-refractivity contribution in [2.24, 2.45) is 0 Å². The highest BCUT2D eigenvalue weighted by Crippen LogP contribution is 2.24. The Morgan fingerprint density at radius 3 is 2.75 bits per heavy atom. The lowest BCUT2D eigenvalue weighted by Crippen LogP contribution is -2.42. The molecule has 1 aromatic carbocycles. The molecule has 3 rings (SSSR count). The number of esters is 1. The Balaban J connectivity index is 1.67. The number of hydrogen-bond donors (Lipinski definition) is 0. The molecule has 2 aromatic rings. The fraction of sp³-hybridized carbons (Fsp3) is 0.353. The molecule has 1 saturated heterocycles. The van der Waals surface area contributed by atoms with Crippen LogP contribution in [0.15, 0.2) is 34.9 Å². The Labute approximate surface area is 144 Å². The number of amides is 1. The Morgan fingerprint density at radius 1 is 1.33 bits per heavy atom. The summed E-state index contributed by atoms with van der Waals surface area (Å²) >= 11 is 1.54. The molecule has 7 heteroatoms. The predicted molar refractivity (Wildman–Crippen MR) is 89.5 cm³/mol. The smallest absolute Gasteiger partial charge is 0.330 e. The van der Waals surface area contributed by atoms with Crippen LogP contribution in [0.4, 0.5) is 0 Å². The summed E-state index contributed by atoms with van der Waals surface area (Å²) in [5.41, 5.74) is 2.05. The van der Waals surface area contributed by atoms with E-state index in [-0.39, 0.29) is 12.5 Å². The zero-order valence-electron chi connectivity index (χ0n) is 13.5. The van der Waals surface area contributed by atoms with Gasteiger partial charge in [0.05, 0.1) is 17.1 Å². The van der Waals surface area contributed by atoms with Crippen LogP contribution in [0.25, 0.3) is 0 Å². The highest BCUT2D eigenvalue weighted by atomic mass is 32.2. The molecule has 0 spiro atoms. The van der Waals surface area contributed by atoms with Gasteiger partial charge in [-0.05, 0) is 26.0 Å². The molecule has 1 atom stereocenters. The number of aromatic nitrogens is 1. The van der Waals surface area contributed by atoms with Crippen molar-refractivity contribution in [3.8, 4) is 0 Å². The highest BCUT2D eigenvalue weighted by Gasteiger charge is 2.36. The molecule has 24 heavy (non-hydrogen) atoms. The van der Waals surface area contributed by atoms with E-state index in [4.69, 9.17) is 9.26 Å².